The maximum Gasteiger partial charge on any atom is 0.206 e. The number of nitrogens with one attached hydrogen (secondary N) is 1. The van der Waals surface area contributed by atoms with Crippen molar-refractivity contribution in [3.63, 3.8) is 0 Å². The normalized spacial score (nSPS) is 21.4. The second-order valence-electron chi connectivity index (χ2n) is 7.94. The van der Waals surface area contributed by atoms with Gasteiger partial charge in [-0.25, -0.2) is 0 Å². The monoisotopic (exact) mass is 389 g/mol. The van der Waals surface area contributed by atoms with Gasteiger partial charge in [0, 0.05) is 12.1 Å². The Kier molecular flexibility index (Phi) is 5.09. The number of anilines is 1. The molecule has 2 aliphatic rings. The molecule has 0 amide bonds. The molecule has 1 unspecified atom stereocenters. The molecule has 1 saturated heterocycles. The van der Waals surface area contributed by atoms with Crippen molar-refractivity contribution >= 4 is 16.5 Å². The van der Waals surface area contributed by atoms with Crippen LogP contribution >= 0.6 is 11.3 Å². The van der Waals surface area contributed by atoms with E-state index in [1.54, 1.807) is 11.3 Å². The Morgan fingerprint density at radius 3 is 2.59 bits per heavy atom. The fourth-order valence-electron chi connectivity index (χ4n) is 3.29. The van der Waals surface area contributed by atoms with E-state index in [0.29, 0.717) is 13.2 Å². The molecule has 1 aliphatic carbocycles. The van der Waals surface area contributed by atoms with Crippen molar-refractivity contribution in [2.45, 2.75) is 52.4 Å². The summed E-state index contributed by atoms with van der Waals surface area (Å²) in [6.07, 6.45) is 2.61. The van der Waals surface area contributed by atoms with Gasteiger partial charge in [0.05, 0.1) is 6.61 Å². The molecule has 1 aromatic carbocycles. The van der Waals surface area contributed by atoms with Crippen molar-refractivity contribution in [3.05, 3.63) is 23.3 Å². The third-order valence-corrected chi connectivity index (χ3v) is 5.78. The summed E-state index contributed by atoms with van der Waals surface area (Å²) in [6.45, 7) is 10.0. The van der Waals surface area contributed by atoms with Crippen molar-refractivity contribution in [1.82, 2.24) is 10.2 Å². The Balaban J connectivity index is 1.42. The van der Waals surface area contributed by atoms with E-state index in [2.05, 4.69) is 41.5 Å². The molecule has 2 heterocycles. The minimum absolute atomic E-state index is 0.0401. The molecular formula is C20H27N3O3S. The highest BCUT2D eigenvalue weighted by Crippen LogP contribution is 2.34. The highest BCUT2D eigenvalue weighted by atomic mass is 32.1. The Hall–Kier alpha value is -1.70. The van der Waals surface area contributed by atoms with E-state index >= 15 is 0 Å². The Morgan fingerprint density at radius 2 is 1.96 bits per heavy atom. The quantitative estimate of drug-likeness (QED) is 0.767. The maximum atomic E-state index is 6.06. The molecule has 6 nitrogen and oxygen atoms in total. The number of nitrogens with zero attached hydrogens (tertiary/aromatic N) is 2. The lowest BCUT2D eigenvalue weighted by molar-refractivity contribution is -0.141. The van der Waals surface area contributed by atoms with Crippen LogP contribution in [0.15, 0.2) is 12.1 Å². The average Bonchev–Trinajstić information content (AvgIpc) is 3.20. The van der Waals surface area contributed by atoms with Crippen molar-refractivity contribution in [2.24, 2.45) is 5.92 Å². The SMILES string of the molecule is Cc1cc(-c2nnc(NCC3CC3)s2)cc(C)c1OCC1COC(C)(C)O1. The van der Waals surface area contributed by atoms with Gasteiger partial charge in [0.15, 0.2) is 5.79 Å². The predicted molar refractivity (Wildman–Crippen MR) is 106 cm³/mol. The summed E-state index contributed by atoms with van der Waals surface area (Å²) in [5.41, 5.74) is 3.26. The number of ether oxygens (including phenoxy) is 3. The number of aryl methyl sites for hydroxylation is 2. The Morgan fingerprint density at radius 1 is 1.22 bits per heavy atom. The van der Waals surface area contributed by atoms with E-state index in [1.807, 2.05) is 13.8 Å². The first-order chi connectivity index (χ1) is 12.9. The second kappa shape index (κ2) is 7.37. The summed E-state index contributed by atoms with van der Waals surface area (Å²) in [7, 11) is 0. The molecule has 2 aromatic rings. The van der Waals surface area contributed by atoms with Crippen LogP contribution < -0.4 is 10.1 Å². The van der Waals surface area contributed by atoms with Gasteiger partial charge >= 0.3 is 0 Å². The first-order valence-corrected chi connectivity index (χ1v) is 10.3. The molecule has 2 fully saturated rings. The highest BCUT2D eigenvalue weighted by molar-refractivity contribution is 7.18. The summed E-state index contributed by atoms with van der Waals surface area (Å²) < 4.78 is 17.5. The first-order valence-electron chi connectivity index (χ1n) is 9.53. The summed E-state index contributed by atoms with van der Waals surface area (Å²) >= 11 is 1.60. The molecule has 1 saturated carbocycles. The fourth-order valence-corrected chi connectivity index (χ4v) is 4.03. The van der Waals surface area contributed by atoms with E-state index < -0.39 is 5.79 Å². The highest BCUT2D eigenvalue weighted by Gasteiger charge is 2.33. The number of hydrogen-bond donors (Lipinski definition) is 1. The van der Waals surface area contributed by atoms with Crippen LogP contribution in [0.25, 0.3) is 10.6 Å². The summed E-state index contributed by atoms with van der Waals surface area (Å²) in [5, 5.41) is 13.8. The molecule has 1 aromatic heterocycles. The zero-order chi connectivity index (χ0) is 19.0. The molecule has 146 valence electrons. The lowest BCUT2D eigenvalue weighted by atomic mass is 10.1. The molecule has 4 rings (SSSR count). The summed E-state index contributed by atoms with van der Waals surface area (Å²) in [5.74, 6) is 1.20. The summed E-state index contributed by atoms with van der Waals surface area (Å²) in [6, 6.07) is 4.23. The van der Waals surface area contributed by atoms with Crippen molar-refractivity contribution < 1.29 is 14.2 Å². The van der Waals surface area contributed by atoms with Crippen molar-refractivity contribution in [1.29, 1.82) is 0 Å². The van der Waals surface area contributed by atoms with Gasteiger partial charge in [0.1, 0.15) is 23.5 Å². The van der Waals surface area contributed by atoms with Crippen LogP contribution in [0.1, 0.15) is 37.8 Å². The Bertz CT molecular complexity index is 794. The van der Waals surface area contributed by atoms with Crippen LogP contribution in [0, 0.1) is 19.8 Å². The topological polar surface area (TPSA) is 65.5 Å². The van der Waals surface area contributed by atoms with Crippen LogP contribution in [0.3, 0.4) is 0 Å². The number of hydrogen-bond acceptors (Lipinski definition) is 7. The van der Waals surface area contributed by atoms with Crippen molar-refractivity contribution in [2.75, 3.05) is 25.1 Å². The minimum atomic E-state index is -0.523. The smallest absolute Gasteiger partial charge is 0.206 e. The second-order valence-corrected chi connectivity index (χ2v) is 8.92. The van der Waals surface area contributed by atoms with Gasteiger partial charge < -0.3 is 19.5 Å². The number of rotatable bonds is 7. The molecule has 27 heavy (non-hydrogen) atoms. The fraction of sp³-hybridized carbons (Fsp3) is 0.600. The third kappa shape index (κ3) is 4.59. The molecule has 0 spiro atoms. The van der Waals surface area contributed by atoms with E-state index in [1.165, 1.54) is 12.8 Å². The molecule has 0 radical (unpaired) electrons. The van der Waals surface area contributed by atoms with Crippen LogP contribution in [0.4, 0.5) is 5.13 Å². The predicted octanol–water partition coefficient (Wildman–Crippen LogP) is 4.17. The van der Waals surface area contributed by atoms with Gasteiger partial charge in [-0.15, -0.1) is 10.2 Å². The molecule has 1 atom stereocenters. The van der Waals surface area contributed by atoms with Gasteiger partial charge in [0.25, 0.3) is 0 Å². The number of benzene rings is 1. The Labute approximate surface area is 164 Å². The zero-order valence-electron chi connectivity index (χ0n) is 16.4. The molecule has 1 aliphatic heterocycles. The van der Waals surface area contributed by atoms with E-state index in [-0.39, 0.29) is 6.10 Å². The van der Waals surface area contributed by atoms with Gasteiger partial charge in [-0.05, 0) is 69.7 Å². The lowest BCUT2D eigenvalue weighted by Gasteiger charge is -2.18. The standard InChI is InChI=1S/C20H27N3O3S/c1-12-7-15(18-22-23-19(27-18)21-9-14-5-6-14)8-13(2)17(12)24-10-16-11-25-20(3,4)26-16/h7-8,14,16H,5-6,9-11H2,1-4H3,(H,21,23). The van der Waals surface area contributed by atoms with Gasteiger partial charge in [-0.3, -0.25) is 0 Å². The summed E-state index contributed by atoms with van der Waals surface area (Å²) in [4.78, 5) is 0. The minimum Gasteiger partial charge on any atom is -0.490 e. The van der Waals surface area contributed by atoms with Crippen LogP contribution in [0.2, 0.25) is 0 Å². The van der Waals surface area contributed by atoms with Crippen LogP contribution in [0.5, 0.6) is 5.75 Å². The molecule has 0 bridgehead atoms. The van der Waals surface area contributed by atoms with Crippen LogP contribution in [-0.2, 0) is 9.47 Å². The first kappa shape index (κ1) is 18.7. The molecule has 1 N–H and O–H groups in total. The van der Waals surface area contributed by atoms with Crippen molar-refractivity contribution in [3.8, 4) is 16.3 Å². The average molecular weight is 390 g/mol. The third-order valence-electron chi connectivity index (χ3n) is 4.85. The van der Waals surface area contributed by atoms with E-state index in [0.717, 1.165) is 45.0 Å². The van der Waals surface area contributed by atoms with Gasteiger partial charge in [-0.1, -0.05) is 11.3 Å². The maximum absolute atomic E-state index is 6.06. The molecular weight excluding hydrogens is 362 g/mol. The number of aromatic nitrogens is 2. The zero-order valence-corrected chi connectivity index (χ0v) is 17.2. The van der Waals surface area contributed by atoms with Gasteiger partial charge in [-0.2, -0.15) is 0 Å². The van der Waals surface area contributed by atoms with E-state index in [9.17, 15) is 0 Å². The molecule has 7 heteroatoms. The largest absolute Gasteiger partial charge is 0.490 e. The van der Waals surface area contributed by atoms with Crippen LogP contribution in [-0.4, -0.2) is 41.8 Å². The van der Waals surface area contributed by atoms with E-state index in [4.69, 9.17) is 14.2 Å². The van der Waals surface area contributed by atoms with Gasteiger partial charge in [0.2, 0.25) is 5.13 Å². The lowest BCUT2D eigenvalue weighted by Crippen LogP contribution is -2.25.